The first-order valence-electron chi connectivity index (χ1n) is 9.68. The van der Waals surface area contributed by atoms with Crippen LogP contribution in [0.1, 0.15) is 52.0 Å². The first-order valence-corrected chi connectivity index (χ1v) is 9.68. The number of nitrogens with zero attached hydrogens (tertiary/aromatic N) is 3. The number of aromatic amines is 1. The molecule has 0 radical (unpaired) electrons. The maximum atomic E-state index is 12.9. The number of imide groups is 1. The number of hydrogen-bond acceptors (Lipinski definition) is 5. The third-order valence-electron chi connectivity index (χ3n) is 4.99. The van der Waals surface area contributed by atoms with E-state index in [2.05, 4.69) is 20.5 Å². The molecule has 3 amide bonds. The van der Waals surface area contributed by atoms with Crippen molar-refractivity contribution in [2.45, 2.75) is 32.4 Å². The fourth-order valence-corrected chi connectivity index (χ4v) is 3.39. The Morgan fingerprint density at radius 3 is 2.33 bits per heavy atom. The highest BCUT2D eigenvalue weighted by molar-refractivity contribution is 6.01. The van der Waals surface area contributed by atoms with Gasteiger partial charge in [0.05, 0.1) is 6.54 Å². The predicted octanol–water partition coefficient (Wildman–Crippen LogP) is 2.28. The lowest BCUT2D eigenvalue weighted by atomic mass is 10.1. The summed E-state index contributed by atoms with van der Waals surface area (Å²) in [6.45, 7) is 2.03. The monoisotopic (exact) mass is 403 g/mol. The van der Waals surface area contributed by atoms with Crippen LogP contribution in [0.2, 0.25) is 0 Å². The lowest BCUT2D eigenvalue weighted by molar-refractivity contribution is -0.139. The van der Waals surface area contributed by atoms with Crippen LogP contribution in [0.15, 0.2) is 54.6 Å². The summed E-state index contributed by atoms with van der Waals surface area (Å²) in [4.78, 5) is 42.1. The van der Waals surface area contributed by atoms with E-state index < -0.39 is 6.04 Å². The lowest BCUT2D eigenvalue weighted by Crippen LogP contribution is -2.30. The number of hydrogen-bond donors (Lipinski definition) is 2. The van der Waals surface area contributed by atoms with Gasteiger partial charge in [-0.05, 0) is 30.2 Å². The first-order chi connectivity index (χ1) is 14.5. The van der Waals surface area contributed by atoms with Crippen molar-refractivity contribution in [2.75, 3.05) is 0 Å². The van der Waals surface area contributed by atoms with Gasteiger partial charge in [0.1, 0.15) is 11.9 Å². The van der Waals surface area contributed by atoms with Gasteiger partial charge in [0.25, 0.3) is 5.91 Å². The van der Waals surface area contributed by atoms with Crippen LogP contribution in [0, 0.1) is 6.92 Å². The smallest absolute Gasteiger partial charge is 0.252 e. The zero-order chi connectivity index (χ0) is 21.1. The Bertz CT molecular complexity index is 1060. The number of carbonyl (C=O) groups is 3. The standard InChI is InChI=1S/C22H21N5O3/c1-14-23-21(26-25-14)20(16-5-3-2-4-6-16)24-22(30)17-9-7-15(8-10-17)13-27-18(28)11-12-19(27)29/h2-10,20H,11-13H2,1H3,(H,24,30)(H,23,25,26). The van der Waals surface area contributed by atoms with E-state index in [0.717, 1.165) is 11.1 Å². The summed E-state index contributed by atoms with van der Waals surface area (Å²) in [7, 11) is 0. The van der Waals surface area contributed by atoms with Crippen molar-refractivity contribution in [3.63, 3.8) is 0 Å². The number of H-pyrrole nitrogens is 1. The summed E-state index contributed by atoms with van der Waals surface area (Å²) in [6, 6.07) is 15.9. The van der Waals surface area contributed by atoms with Crippen LogP contribution in [0.4, 0.5) is 0 Å². The van der Waals surface area contributed by atoms with Crippen LogP contribution in [0.5, 0.6) is 0 Å². The van der Waals surface area contributed by atoms with Crippen LogP contribution in [-0.4, -0.2) is 37.8 Å². The van der Waals surface area contributed by atoms with Crippen LogP contribution < -0.4 is 5.32 Å². The highest BCUT2D eigenvalue weighted by Gasteiger charge is 2.28. The number of nitrogens with one attached hydrogen (secondary N) is 2. The molecule has 0 saturated carbocycles. The third-order valence-corrected chi connectivity index (χ3v) is 4.99. The molecular weight excluding hydrogens is 382 g/mol. The Hall–Kier alpha value is -3.81. The summed E-state index contributed by atoms with van der Waals surface area (Å²) in [6.07, 6.45) is 0.530. The summed E-state index contributed by atoms with van der Waals surface area (Å²) in [5.41, 5.74) is 2.12. The Morgan fingerprint density at radius 2 is 1.73 bits per heavy atom. The maximum Gasteiger partial charge on any atom is 0.252 e. The van der Waals surface area contributed by atoms with Gasteiger partial charge in [0.2, 0.25) is 11.8 Å². The molecule has 8 nitrogen and oxygen atoms in total. The number of aromatic nitrogens is 3. The highest BCUT2D eigenvalue weighted by atomic mass is 16.2. The molecule has 0 bridgehead atoms. The molecule has 0 spiro atoms. The van der Waals surface area contributed by atoms with Crippen molar-refractivity contribution < 1.29 is 14.4 Å². The van der Waals surface area contributed by atoms with Crippen LogP contribution >= 0.6 is 0 Å². The Labute approximate surface area is 173 Å². The molecule has 3 aromatic rings. The summed E-state index contributed by atoms with van der Waals surface area (Å²) in [5, 5.41) is 10.00. The summed E-state index contributed by atoms with van der Waals surface area (Å²) < 4.78 is 0. The molecule has 1 fully saturated rings. The molecule has 1 aromatic heterocycles. The maximum absolute atomic E-state index is 12.9. The average molecular weight is 403 g/mol. The molecule has 30 heavy (non-hydrogen) atoms. The minimum atomic E-state index is -0.497. The molecule has 1 atom stereocenters. The van der Waals surface area contributed by atoms with E-state index in [1.165, 1.54) is 4.90 Å². The minimum Gasteiger partial charge on any atom is -0.338 e. The Morgan fingerprint density at radius 1 is 1.07 bits per heavy atom. The van der Waals surface area contributed by atoms with Crippen LogP contribution in [-0.2, 0) is 16.1 Å². The molecular formula is C22H21N5O3. The molecule has 2 N–H and O–H groups in total. The minimum absolute atomic E-state index is 0.158. The number of aryl methyl sites for hydroxylation is 1. The lowest BCUT2D eigenvalue weighted by Gasteiger charge is -2.17. The molecule has 0 aliphatic carbocycles. The van der Waals surface area contributed by atoms with E-state index in [9.17, 15) is 14.4 Å². The van der Waals surface area contributed by atoms with Crippen molar-refractivity contribution in [3.05, 3.63) is 82.9 Å². The van der Waals surface area contributed by atoms with Gasteiger partial charge < -0.3 is 5.32 Å². The van der Waals surface area contributed by atoms with Gasteiger partial charge >= 0.3 is 0 Å². The van der Waals surface area contributed by atoms with Gasteiger partial charge in [-0.2, -0.15) is 5.10 Å². The summed E-state index contributed by atoms with van der Waals surface area (Å²) >= 11 is 0. The molecule has 4 rings (SSSR count). The normalized spacial score (nSPS) is 14.8. The van der Waals surface area contributed by atoms with Gasteiger partial charge in [-0.1, -0.05) is 42.5 Å². The van der Waals surface area contributed by atoms with Crippen molar-refractivity contribution in [2.24, 2.45) is 0 Å². The second kappa shape index (κ2) is 8.28. The van der Waals surface area contributed by atoms with Crippen molar-refractivity contribution in [1.82, 2.24) is 25.4 Å². The van der Waals surface area contributed by atoms with E-state index in [4.69, 9.17) is 0 Å². The molecule has 1 saturated heterocycles. The molecule has 8 heteroatoms. The second-order valence-corrected chi connectivity index (χ2v) is 7.17. The molecule has 152 valence electrons. The van der Waals surface area contributed by atoms with Gasteiger partial charge in [0, 0.05) is 18.4 Å². The van der Waals surface area contributed by atoms with Crippen LogP contribution in [0.3, 0.4) is 0 Å². The number of carbonyl (C=O) groups excluding carboxylic acids is 3. The molecule has 2 heterocycles. The molecule has 1 aliphatic heterocycles. The number of benzene rings is 2. The van der Waals surface area contributed by atoms with Crippen LogP contribution in [0.25, 0.3) is 0 Å². The average Bonchev–Trinajstić information content (AvgIpc) is 3.33. The fraction of sp³-hybridized carbons (Fsp3) is 0.227. The van der Waals surface area contributed by atoms with E-state index in [0.29, 0.717) is 17.2 Å². The van der Waals surface area contributed by atoms with Crippen molar-refractivity contribution >= 4 is 17.7 Å². The highest BCUT2D eigenvalue weighted by Crippen LogP contribution is 2.20. The molecule has 1 aliphatic rings. The number of likely N-dealkylation sites (tertiary alicyclic amines) is 1. The summed E-state index contributed by atoms with van der Waals surface area (Å²) in [5.74, 6) is 0.556. The van der Waals surface area contributed by atoms with E-state index >= 15 is 0 Å². The van der Waals surface area contributed by atoms with Crippen molar-refractivity contribution in [1.29, 1.82) is 0 Å². The molecule has 2 aromatic carbocycles. The molecule has 1 unspecified atom stereocenters. The zero-order valence-corrected chi connectivity index (χ0v) is 16.5. The fourth-order valence-electron chi connectivity index (χ4n) is 3.39. The predicted molar refractivity (Wildman–Crippen MR) is 108 cm³/mol. The second-order valence-electron chi connectivity index (χ2n) is 7.17. The zero-order valence-electron chi connectivity index (χ0n) is 16.5. The van der Waals surface area contributed by atoms with Gasteiger partial charge in [-0.3, -0.25) is 24.4 Å². The number of amides is 3. The van der Waals surface area contributed by atoms with Gasteiger partial charge in [0.15, 0.2) is 5.82 Å². The largest absolute Gasteiger partial charge is 0.338 e. The van der Waals surface area contributed by atoms with E-state index in [1.807, 2.05) is 30.3 Å². The quantitative estimate of drug-likeness (QED) is 0.614. The third kappa shape index (κ3) is 4.12. The van der Waals surface area contributed by atoms with Gasteiger partial charge in [-0.15, -0.1) is 0 Å². The Kier molecular flexibility index (Phi) is 5.38. The van der Waals surface area contributed by atoms with E-state index in [1.54, 1.807) is 31.2 Å². The topological polar surface area (TPSA) is 108 Å². The van der Waals surface area contributed by atoms with Crippen molar-refractivity contribution in [3.8, 4) is 0 Å². The first kappa shape index (κ1) is 19.5. The van der Waals surface area contributed by atoms with E-state index in [-0.39, 0.29) is 37.1 Å². The Balaban J connectivity index is 1.50. The SMILES string of the molecule is Cc1nc(C(NC(=O)c2ccc(CN3C(=O)CCC3=O)cc2)c2ccccc2)n[nH]1. The number of rotatable bonds is 6. The van der Waals surface area contributed by atoms with Gasteiger partial charge in [-0.25, -0.2) is 4.98 Å².